The van der Waals surface area contributed by atoms with E-state index in [2.05, 4.69) is 25.8 Å². The van der Waals surface area contributed by atoms with Crippen LogP contribution >= 0.6 is 0 Å². The molecule has 2 aromatic carbocycles. The maximum Gasteiger partial charge on any atom is 0.256 e. The molecule has 0 unspecified atom stereocenters. The average Bonchev–Trinajstić information content (AvgIpc) is 2.85. The number of imidazole rings is 1. The zero-order chi connectivity index (χ0) is 17.2. The Bertz CT molecular complexity index is 1180. The van der Waals surface area contributed by atoms with Gasteiger partial charge in [-0.2, -0.15) is 0 Å². The van der Waals surface area contributed by atoms with Gasteiger partial charge in [0.05, 0.1) is 16.4 Å². The van der Waals surface area contributed by atoms with E-state index in [1.165, 1.54) is 12.1 Å². The van der Waals surface area contributed by atoms with Crippen LogP contribution in [0.1, 0.15) is 26.6 Å². The molecule has 0 fully saturated rings. The van der Waals surface area contributed by atoms with E-state index < -0.39 is 0 Å². The third kappa shape index (κ3) is 1.90. The lowest BCUT2D eigenvalue weighted by atomic mass is 9.96. The molecule has 0 amide bonds. The third-order valence-corrected chi connectivity index (χ3v) is 4.49. The Kier molecular flexibility index (Phi) is 2.89. The van der Waals surface area contributed by atoms with Gasteiger partial charge in [-0.15, -0.1) is 0 Å². The molecule has 5 heteroatoms. The topological polar surface area (TPSA) is 50.7 Å². The lowest BCUT2D eigenvalue weighted by Crippen LogP contribution is -2.17. The second-order valence-electron chi connectivity index (χ2n) is 7.23. The van der Waals surface area contributed by atoms with Crippen LogP contribution in [0.25, 0.3) is 32.6 Å². The number of halogens is 1. The first-order chi connectivity index (χ1) is 11.3. The fourth-order valence-electron chi connectivity index (χ4n) is 3.54. The van der Waals surface area contributed by atoms with Gasteiger partial charge in [-0.1, -0.05) is 20.8 Å². The quantitative estimate of drug-likeness (QED) is 0.497. The van der Waals surface area contributed by atoms with E-state index in [9.17, 15) is 9.18 Å². The van der Waals surface area contributed by atoms with Crippen molar-refractivity contribution in [2.24, 2.45) is 7.05 Å². The zero-order valence-electron chi connectivity index (χ0n) is 14.1. The highest BCUT2D eigenvalue weighted by molar-refractivity contribution is 6.23. The van der Waals surface area contributed by atoms with Crippen molar-refractivity contribution in [2.45, 2.75) is 26.2 Å². The van der Waals surface area contributed by atoms with E-state index in [-0.39, 0.29) is 16.8 Å². The predicted molar refractivity (Wildman–Crippen MR) is 95.0 cm³/mol. The Labute approximate surface area is 137 Å². The summed E-state index contributed by atoms with van der Waals surface area (Å²) in [7, 11) is 1.96. The molecule has 0 aliphatic rings. The van der Waals surface area contributed by atoms with Crippen molar-refractivity contribution in [3.63, 3.8) is 0 Å². The first-order valence-corrected chi connectivity index (χ1v) is 7.88. The van der Waals surface area contributed by atoms with Gasteiger partial charge in [0.15, 0.2) is 0 Å². The largest absolute Gasteiger partial charge is 0.330 e. The fraction of sp³-hybridized carbons (Fsp3) is 0.263. The van der Waals surface area contributed by atoms with Gasteiger partial charge in [-0.3, -0.25) is 4.79 Å². The Balaban J connectivity index is 2.39. The van der Waals surface area contributed by atoms with Crippen molar-refractivity contribution >= 4 is 32.6 Å². The number of nitrogens with zero attached hydrogens (tertiary/aromatic N) is 2. The number of fused-ring (bicyclic) bond motifs is 6. The molecule has 0 saturated carbocycles. The van der Waals surface area contributed by atoms with Gasteiger partial charge in [0.1, 0.15) is 11.6 Å². The molecule has 122 valence electrons. The minimum atomic E-state index is -0.363. The van der Waals surface area contributed by atoms with Gasteiger partial charge in [0.2, 0.25) is 0 Å². The SMILES string of the molecule is Cn1c(C(C)(C)C)nc2c3ccc(F)cc3c3c(=O)[nH]ccc3c21. The molecule has 0 bridgehead atoms. The smallest absolute Gasteiger partial charge is 0.256 e. The monoisotopic (exact) mass is 323 g/mol. The summed E-state index contributed by atoms with van der Waals surface area (Å²) >= 11 is 0. The second-order valence-corrected chi connectivity index (χ2v) is 7.23. The van der Waals surface area contributed by atoms with Crippen LogP contribution in [-0.4, -0.2) is 14.5 Å². The third-order valence-electron chi connectivity index (χ3n) is 4.49. The van der Waals surface area contributed by atoms with Gasteiger partial charge in [0.25, 0.3) is 5.56 Å². The van der Waals surface area contributed by atoms with Crippen molar-refractivity contribution in [1.82, 2.24) is 14.5 Å². The van der Waals surface area contributed by atoms with Crippen molar-refractivity contribution in [2.75, 3.05) is 0 Å². The molecule has 24 heavy (non-hydrogen) atoms. The van der Waals surface area contributed by atoms with Crippen LogP contribution in [0.15, 0.2) is 35.3 Å². The van der Waals surface area contributed by atoms with Crippen molar-refractivity contribution in [3.8, 4) is 0 Å². The first-order valence-electron chi connectivity index (χ1n) is 7.88. The van der Waals surface area contributed by atoms with Crippen molar-refractivity contribution in [3.05, 3.63) is 52.5 Å². The highest BCUT2D eigenvalue weighted by Gasteiger charge is 2.24. The van der Waals surface area contributed by atoms with Gasteiger partial charge in [-0.05, 0) is 24.3 Å². The van der Waals surface area contributed by atoms with Crippen LogP contribution in [0.4, 0.5) is 4.39 Å². The van der Waals surface area contributed by atoms with Crippen molar-refractivity contribution in [1.29, 1.82) is 0 Å². The van der Waals surface area contributed by atoms with E-state index in [1.54, 1.807) is 12.3 Å². The molecular weight excluding hydrogens is 305 g/mol. The molecule has 0 saturated heterocycles. The average molecular weight is 323 g/mol. The molecule has 0 aliphatic heterocycles. The summed E-state index contributed by atoms with van der Waals surface area (Å²) in [4.78, 5) is 20.0. The number of pyridine rings is 1. The number of rotatable bonds is 0. The number of aromatic nitrogens is 3. The molecule has 0 radical (unpaired) electrons. The number of nitrogens with one attached hydrogen (secondary N) is 1. The molecule has 4 rings (SSSR count). The van der Waals surface area contributed by atoms with Gasteiger partial charge < -0.3 is 9.55 Å². The number of aromatic amines is 1. The molecule has 2 heterocycles. The number of hydrogen-bond acceptors (Lipinski definition) is 2. The van der Waals surface area contributed by atoms with Gasteiger partial charge >= 0.3 is 0 Å². The maximum absolute atomic E-state index is 13.8. The second kappa shape index (κ2) is 4.66. The fourth-order valence-corrected chi connectivity index (χ4v) is 3.54. The van der Waals surface area contributed by atoms with Crippen LogP contribution < -0.4 is 5.56 Å². The van der Waals surface area contributed by atoms with Crippen LogP contribution in [0.3, 0.4) is 0 Å². The van der Waals surface area contributed by atoms with E-state index >= 15 is 0 Å². The summed E-state index contributed by atoms with van der Waals surface area (Å²) in [5, 5.41) is 2.68. The van der Waals surface area contributed by atoms with Crippen molar-refractivity contribution < 1.29 is 4.39 Å². The summed E-state index contributed by atoms with van der Waals surface area (Å²) in [6, 6.07) is 6.39. The molecule has 4 nitrogen and oxygen atoms in total. The number of aryl methyl sites for hydroxylation is 1. The summed E-state index contributed by atoms with van der Waals surface area (Å²) < 4.78 is 15.9. The zero-order valence-corrected chi connectivity index (χ0v) is 14.1. The lowest BCUT2D eigenvalue weighted by molar-refractivity contribution is 0.527. The van der Waals surface area contributed by atoms with Crippen LogP contribution in [0, 0.1) is 5.82 Å². The summed E-state index contributed by atoms with van der Waals surface area (Å²) in [6.07, 6.45) is 1.62. The van der Waals surface area contributed by atoms with E-state index in [4.69, 9.17) is 4.98 Å². The van der Waals surface area contributed by atoms with Crippen LogP contribution in [-0.2, 0) is 12.5 Å². The standard InChI is InChI=1S/C19H18FN3O/c1-19(2,3)18-22-15-11-6-5-10(20)9-13(11)14-12(16(15)23(18)4)7-8-21-17(14)24/h5-9H,1-4H3,(H,21,24). The lowest BCUT2D eigenvalue weighted by Gasteiger charge is -2.17. The number of benzene rings is 2. The Morgan fingerprint density at radius 3 is 2.58 bits per heavy atom. The first kappa shape index (κ1) is 14.9. The Hall–Kier alpha value is -2.69. The van der Waals surface area contributed by atoms with E-state index in [0.29, 0.717) is 10.8 Å². The van der Waals surface area contributed by atoms with Crippen LogP contribution in [0.2, 0.25) is 0 Å². The van der Waals surface area contributed by atoms with E-state index in [1.807, 2.05) is 17.7 Å². The molecule has 2 aromatic heterocycles. The normalized spacial score (nSPS) is 12.5. The number of H-pyrrole nitrogens is 1. The minimum Gasteiger partial charge on any atom is -0.330 e. The molecular formula is C19H18FN3O. The van der Waals surface area contributed by atoms with E-state index in [0.717, 1.165) is 27.6 Å². The molecule has 0 aliphatic carbocycles. The molecule has 4 aromatic rings. The predicted octanol–water partition coefficient (Wildman–Crippen LogP) is 4.00. The van der Waals surface area contributed by atoms with Crippen LogP contribution in [0.5, 0.6) is 0 Å². The summed E-state index contributed by atoms with van der Waals surface area (Å²) in [5.41, 5.74) is 1.34. The Morgan fingerprint density at radius 1 is 1.12 bits per heavy atom. The molecule has 0 spiro atoms. The highest BCUT2D eigenvalue weighted by atomic mass is 19.1. The van der Waals surface area contributed by atoms with Gasteiger partial charge in [0, 0.05) is 34.8 Å². The summed E-state index contributed by atoms with van der Waals surface area (Å²) in [6.45, 7) is 6.31. The molecule has 0 atom stereocenters. The highest BCUT2D eigenvalue weighted by Crippen LogP contribution is 2.35. The maximum atomic E-state index is 13.8. The summed E-state index contributed by atoms with van der Waals surface area (Å²) in [5.74, 6) is 0.564. The minimum absolute atomic E-state index is 0.145. The van der Waals surface area contributed by atoms with Gasteiger partial charge in [-0.25, -0.2) is 9.37 Å². The molecule has 1 N–H and O–H groups in total. The Morgan fingerprint density at radius 2 is 1.88 bits per heavy atom. The number of hydrogen-bond donors (Lipinski definition) is 1.